The number of halogens is 3. The molecule has 0 aliphatic carbocycles. The number of rotatable bonds is 4. The van der Waals surface area contributed by atoms with Crippen LogP contribution in [-0.4, -0.2) is 16.2 Å². The normalized spacial score (nSPS) is 17.1. The smallest absolute Gasteiger partial charge is 0.416 e. The van der Waals surface area contributed by atoms with Gasteiger partial charge in [0.15, 0.2) is 0 Å². The van der Waals surface area contributed by atoms with Crippen molar-refractivity contribution >= 4 is 22.6 Å². The van der Waals surface area contributed by atoms with Gasteiger partial charge in [0.25, 0.3) is 5.56 Å². The highest BCUT2D eigenvalue weighted by atomic mass is 19.4. The number of aryl methyl sites for hydroxylation is 1. The second kappa shape index (κ2) is 8.70. The Bertz CT molecular complexity index is 1300. The second-order valence-corrected chi connectivity index (χ2v) is 8.57. The van der Waals surface area contributed by atoms with Gasteiger partial charge in [0.05, 0.1) is 22.8 Å². The summed E-state index contributed by atoms with van der Waals surface area (Å²) in [5, 5.41) is 6.43. The number of carbonyl (C=O) groups is 1. The zero-order chi connectivity index (χ0) is 24.7. The van der Waals surface area contributed by atoms with E-state index in [4.69, 9.17) is 4.74 Å². The number of benzene rings is 2. The van der Waals surface area contributed by atoms with Crippen LogP contribution >= 0.6 is 0 Å². The summed E-state index contributed by atoms with van der Waals surface area (Å²) in [5.74, 6) is 0.134. The molecule has 1 atom stereocenters. The van der Waals surface area contributed by atoms with Gasteiger partial charge in [-0.1, -0.05) is 26.0 Å². The summed E-state index contributed by atoms with van der Waals surface area (Å²) in [6.45, 7) is 3.83. The minimum atomic E-state index is -4.49. The summed E-state index contributed by atoms with van der Waals surface area (Å²) in [5.41, 5.74) is 0.0359. The first-order valence-electron chi connectivity index (χ1n) is 11.1. The molecule has 0 spiro atoms. The van der Waals surface area contributed by atoms with E-state index in [1.165, 1.54) is 16.7 Å². The number of hydrogen-bond donors (Lipinski definition) is 2. The van der Waals surface area contributed by atoms with Gasteiger partial charge in [0, 0.05) is 30.5 Å². The SMILES string of the molecule is CCC1(CC)C[C@@H](NC(=O)Nc2cccc3c2ccc(=O)n3C)c2ccc(C(F)(F)F)cc2O1. The molecule has 3 aromatic rings. The number of urea groups is 1. The van der Waals surface area contributed by atoms with Crippen LogP contribution in [-0.2, 0) is 13.2 Å². The minimum absolute atomic E-state index is 0.134. The van der Waals surface area contributed by atoms with Crippen molar-refractivity contribution in [2.75, 3.05) is 5.32 Å². The summed E-state index contributed by atoms with van der Waals surface area (Å²) in [4.78, 5) is 24.9. The minimum Gasteiger partial charge on any atom is -0.487 e. The van der Waals surface area contributed by atoms with E-state index < -0.39 is 29.4 Å². The fourth-order valence-corrected chi connectivity index (χ4v) is 4.49. The summed E-state index contributed by atoms with van der Waals surface area (Å²) < 4.78 is 47.4. The van der Waals surface area contributed by atoms with Gasteiger partial charge in [-0.05, 0) is 43.2 Å². The molecule has 4 rings (SSSR count). The zero-order valence-electron chi connectivity index (χ0n) is 19.1. The van der Waals surface area contributed by atoms with Crippen LogP contribution in [0, 0.1) is 0 Å². The average molecular weight is 473 g/mol. The average Bonchev–Trinajstić information content (AvgIpc) is 2.80. The summed E-state index contributed by atoms with van der Waals surface area (Å²) in [7, 11) is 1.65. The molecule has 180 valence electrons. The lowest BCUT2D eigenvalue weighted by molar-refractivity contribution is -0.137. The Hall–Kier alpha value is -3.49. The van der Waals surface area contributed by atoms with Crippen LogP contribution < -0.4 is 20.9 Å². The highest BCUT2D eigenvalue weighted by molar-refractivity contribution is 6.00. The Morgan fingerprint density at radius 1 is 1.15 bits per heavy atom. The predicted molar refractivity (Wildman–Crippen MR) is 124 cm³/mol. The van der Waals surface area contributed by atoms with Crippen LogP contribution in [0.3, 0.4) is 0 Å². The molecule has 0 unspecified atom stereocenters. The fraction of sp³-hybridized carbons (Fsp3) is 0.360. The first-order chi connectivity index (χ1) is 16.1. The molecule has 9 heteroatoms. The molecule has 0 saturated heterocycles. The summed E-state index contributed by atoms with van der Waals surface area (Å²) in [6.07, 6.45) is -2.91. The van der Waals surface area contributed by atoms with E-state index in [0.29, 0.717) is 41.4 Å². The molecule has 6 nitrogen and oxygen atoms in total. The number of anilines is 1. The lowest BCUT2D eigenvalue weighted by Gasteiger charge is -2.42. The predicted octanol–water partition coefficient (Wildman–Crippen LogP) is 5.76. The van der Waals surface area contributed by atoms with Gasteiger partial charge in [-0.25, -0.2) is 4.79 Å². The molecule has 2 aromatic carbocycles. The lowest BCUT2D eigenvalue weighted by atomic mass is 9.83. The van der Waals surface area contributed by atoms with Gasteiger partial charge in [0.2, 0.25) is 0 Å². The number of pyridine rings is 1. The summed E-state index contributed by atoms with van der Waals surface area (Å²) in [6, 6.07) is 10.7. The van der Waals surface area contributed by atoms with Crippen molar-refractivity contribution in [2.24, 2.45) is 7.05 Å². The monoisotopic (exact) mass is 473 g/mol. The van der Waals surface area contributed by atoms with Gasteiger partial charge in [0.1, 0.15) is 11.4 Å². The number of ether oxygens (including phenoxy) is 1. The molecule has 2 amide bonds. The number of aromatic nitrogens is 1. The molecular weight excluding hydrogens is 447 g/mol. The third-order valence-corrected chi connectivity index (χ3v) is 6.63. The number of alkyl halides is 3. The van der Waals surface area contributed by atoms with Crippen molar-refractivity contribution in [1.29, 1.82) is 0 Å². The Labute approximate surface area is 194 Å². The van der Waals surface area contributed by atoms with Crippen molar-refractivity contribution < 1.29 is 22.7 Å². The fourth-order valence-electron chi connectivity index (χ4n) is 4.49. The highest BCUT2D eigenvalue weighted by Crippen LogP contribution is 2.45. The van der Waals surface area contributed by atoms with Crippen molar-refractivity contribution in [3.63, 3.8) is 0 Å². The Balaban J connectivity index is 1.65. The maximum absolute atomic E-state index is 13.3. The molecule has 34 heavy (non-hydrogen) atoms. The van der Waals surface area contributed by atoms with Gasteiger partial charge in [-0.15, -0.1) is 0 Å². The number of amides is 2. The van der Waals surface area contributed by atoms with Crippen molar-refractivity contribution in [1.82, 2.24) is 9.88 Å². The Morgan fingerprint density at radius 3 is 2.56 bits per heavy atom. The molecule has 0 fully saturated rings. The first kappa shape index (κ1) is 23.7. The highest BCUT2D eigenvalue weighted by Gasteiger charge is 2.41. The van der Waals surface area contributed by atoms with E-state index in [2.05, 4.69) is 10.6 Å². The Kier molecular flexibility index (Phi) is 6.05. The summed E-state index contributed by atoms with van der Waals surface area (Å²) >= 11 is 0. The van der Waals surface area contributed by atoms with Crippen LogP contribution in [0.15, 0.2) is 53.3 Å². The van der Waals surface area contributed by atoms with Crippen LogP contribution in [0.5, 0.6) is 5.75 Å². The van der Waals surface area contributed by atoms with Crippen LogP contribution in [0.25, 0.3) is 10.9 Å². The van der Waals surface area contributed by atoms with Crippen LogP contribution in [0.4, 0.5) is 23.7 Å². The second-order valence-electron chi connectivity index (χ2n) is 8.57. The van der Waals surface area contributed by atoms with E-state index >= 15 is 0 Å². The molecule has 2 N–H and O–H groups in total. The topological polar surface area (TPSA) is 72.4 Å². The van der Waals surface area contributed by atoms with Crippen LogP contribution in [0.2, 0.25) is 0 Å². The number of nitrogens with one attached hydrogen (secondary N) is 2. The van der Waals surface area contributed by atoms with E-state index in [-0.39, 0.29) is 11.3 Å². The van der Waals surface area contributed by atoms with Gasteiger partial charge < -0.3 is 19.9 Å². The molecule has 0 bridgehead atoms. The van der Waals surface area contributed by atoms with Gasteiger partial charge >= 0.3 is 12.2 Å². The van der Waals surface area contributed by atoms with Crippen molar-refractivity contribution in [3.8, 4) is 5.75 Å². The third kappa shape index (κ3) is 4.34. The molecule has 0 saturated carbocycles. The maximum atomic E-state index is 13.3. The maximum Gasteiger partial charge on any atom is 0.416 e. The largest absolute Gasteiger partial charge is 0.487 e. The quantitative estimate of drug-likeness (QED) is 0.506. The number of carbonyl (C=O) groups excluding carboxylic acids is 1. The number of nitrogens with zero attached hydrogens (tertiary/aromatic N) is 1. The molecular formula is C25H26F3N3O3. The Morgan fingerprint density at radius 2 is 1.88 bits per heavy atom. The lowest BCUT2D eigenvalue weighted by Crippen LogP contribution is -2.45. The van der Waals surface area contributed by atoms with Gasteiger partial charge in [-0.3, -0.25) is 4.79 Å². The molecule has 1 aromatic heterocycles. The first-order valence-corrected chi connectivity index (χ1v) is 11.1. The van der Waals surface area contributed by atoms with Crippen molar-refractivity contribution in [3.05, 3.63) is 70.0 Å². The van der Waals surface area contributed by atoms with Gasteiger partial charge in [-0.2, -0.15) is 13.2 Å². The molecule has 0 radical (unpaired) electrons. The third-order valence-electron chi connectivity index (χ3n) is 6.63. The molecule has 1 aliphatic heterocycles. The molecule has 1 aliphatic rings. The van der Waals surface area contributed by atoms with E-state index in [0.717, 1.165) is 12.1 Å². The van der Waals surface area contributed by atoms with Crippen molar-refractivity contribution in [2.45, 2.75) is 50.9 Å². The van der Waals surface area contributed by atoms with E-state index in [1.54, 1.807) is 31.3 Å². The van der Waals surface area contributed by atoms with Crippen LogP contribution in [0.1, 0.15) is 50.3 Å². The standard InChI is InChI=1S/C25H26F3N3O3/c1-4-24(5-2)14-19(17-10-9-15(25(26,27)28)13-21(17)34-24)30-23(33)29-18-7-6-8-20-16(18)11-12-22(32)31(20)3/h6-13,19H,4-5,14H2,1-3H3,(H2,29,30,33)/t19-/m1/s1. The zero-order valence-corrected chi connectivity index (χ0v) is 19.1. The van der Waals surface area contributed by atoms with E-state index in [9.17, 15) is 22.8 Å². The number of hydrogen-bond acceptors (Lipinski definition) is 3. The molecule has 2 heterocycles. The van der Waals surface area contributed by atoms with E-state index in [1.807, 2.05) is 13.8 Å². The number of fused-ring (bicyclic) bond motifs is 2.